The summed E-state index contributed by atoms with van der Waals surface area (Å²) >= 11 is 0. The number of hydrogen-bond acceptors (Lipinski definition) is 5. The molecule has 2 aromatic carbocycles. The average molecular weight is 367 g/mol. The summed E-state index contributed by atoms with van der Waals surface area (Å²) in [6, 6.07) is 11.9. The molecule has 1 aliphatic heterocycles. The van der Waals surface area contributed by atoms with Gasteiger partial charge in [0, 0.05) is 36.7 Å². The monoisotopic (exact) mass is 367 g/mol. The van der Waals surface area contributed by atoms with Gasteiger partial charge in [-0.15, -0.1) is 0 Å². The summed E-state index contributed by atoms with van der Waals surface area (Å²) in [6.45, 7) is 0.662. The van der Waals surface area contributed by atoms with Crippen LogP contribution in [-0.4, -0.2) is 34.8 Å². The number of carbonyl (C=O) groups excluding carboxylic acids is 2. The van der Waals surface area contributed by atoms with E-state index in [-0.39, 0.29) is 36.2 Å². The number of hydrazone groups is 1. The molecule has 0 unspecified atom stereocenters. The SMILES string of the molecule is O=C(CCC(=O)N1CCCc2ccccc21)NN=Cc1ccc(O)cc1O. The van der Waals surface area contributed by atoms with Crippen molar-refractivity contribution in [3.8, 4) is 11.5 Å². The minimum absolute atomic E-state index is 0.0242. The van der Waals surface area contributed by atoms with Crippen LogP contribution in [0.3, 0.4) is 0 Å². The molecule has 140 valence electrons. The molecule has 0 saturated heterocycles. The van der Waals surface area contributed by atoms with E-state index in [0.717, 1.165) is 24.1 Å². The maximum atomic E-state index is 12.5. The molecule has 7 heteroatoms. The molecular weight excluding hydrogens is 346 g/mol. The lowest BCUT2D eigenvalue weighted by atomic mass is 10.0. The highest BCUT2D eigenvalue weighted by atomic mass is 16.3. The van der Waals surface area contributed by atoms with E-state index in [0.29, 0.717) is 12.1 Å². The Morgan fingerprint density at radius 1 is 1.15 bits per heavy atom. The van der Waals surface area contributed by atoms with Gasteiger partial charge >= 0.3 is 0 Å². The highest BCUT2D eigenvalue weighted by Crippen LogP contribution is 2.27. The number of aromatic hydroxyl groups is 2. The van der Waals surface area contributed by atoms with Crippen molar-refractivity contribution < 1.29 is 19.8 Å². The van der Waals surface area contributed by atoms with Gasteiger partial charge in [-0.25, -0.2) is 5.43 Å². The number of hydrogen-bond donors (Lipinski definition) is 3. The number of phenols is 2. The van der Waals surface area contributed by atoms with E-state index in [1.807, 2.05) is 24.3 Å². The van der Waals surface area contributed by atoms with Crippen LogP contribution in [0.2, 0.25) is 0 Å². The van der Waals surface area contributed by atoms with Gasteiger partial charge in [0.05, 0.1) is 6.21 Å². The Morgan fingerprint density at radius 2 is 1.96 bits per heavy atom. The maximum absolute atomic E-state index is 12.5. The van der Waals surface area contributed by atoms with Crippen LogP contribution in [-0.2, 0) is 16.0 Å². The van der Waals surface area contributed by atoms with E-state index in [1.54, 1.807) is 4.90 Å². The average Bonchev–Trinajstić information content (AvgIpc) is 2.67. The summed E-state index contributed by atoms with van der Waals surface area (Å²) in [5.41, 5.74) is 4.77. The van der Waals surface area contributed by atoms with Gasteiger partial charge in [0.25, 0.3) is 0 Å². The third-order valence-corrected chi connectivity index (χ3v) is 4.38. The number of amides is 2. The molecule has 2 amide bonds. The highest BCUT2D eigenvalue weighted by molar-refractivity contribution is 5.96. The first-order valence-electron chi connectivity index (χ1n) is 8.77. The van der Waals surface area contributed by atoms with E-state index < -0.39 is 0 Å². The molecule has 3 N–H and O–H groups in total. The van der Waals surface area contributed by atoms with Crippen molar-refractivity contribution in [3.63, 3.8) is 0 Å². The summed E-state index contributed by atoms with van der Waals surface area (Å²) in [6.07, 6.45) is 3.26. The summed E-state index contributed by atoms with van der Waals surface area (Å²) in [5.74, 6) is -0.681. The van der Waals surface area contributed by atoms with Crippen molar-refractivity contribution in [1.82, 2.24) is 5.43 Å². The van der Waals surface area contributed by atoms with E-state index in [2.05, 4.69) is 10.5 Å². The fraction of sp³-hybridized carbons (Fsp3) is 0.250. The van der Waals surface area contributed by atoms with Gasteiger partial charge in [0.15, 0.2) is 0 Å². The van der Waals surface area contributed by atoms with Crippen molar-refractivity contribution in [2.45, 2.75) is 25.7 Å². The Kier molecular flexibility index (Phi) is 5.71. The highest BCUT2D eigenvalue weighted by Gasteiger charge is 2.22. The molecular formula is C20H21N3O4. The van der Waals surface area contributed by atoms with Crippen molar-refractivity contribution in [2.75, 3.05) is 11.4 Å². The normalized spacial score (nSPS) is 13.4. The van der Waals surface area contributed by atoms with Crippen LogP contribution in [0.15, 0.2) is 47.6 Å². The van der Waals surface area contributed by atoms with Crippen LogP contribution < -0.4 is 10.3 Å². The Hall–Kier alpha value is -3.35. The number of nitrogens with zero attached hydrogens (tertiary/aromatic N) is 2. The molecule has 0 aromatic heterocycles. The van der Waals surface area contributed by atoms with Crippen molar-refractivity contribution in [3.05, 3.63) is 53.6 Å². The first kappa shape index (κ1) is 18.4. The predicted molar refractivity (Wildman–Crippen MR) is 102 cm³/mol. The molecule has 2 aromatic rings. The number of para-hydroxylation sites is 1. The molecule has 0 spiro atoms. The van der Waals surface area contributed by atoms with Gasteiger partial charge in [-0.1, -0.05) is 18.2 Å². The maximum Gasteiger partial charge on any atom is 0.240 e. The Morgan fingerprint density at radius 3 is 2.78 bits per heavy atom. The Balaban J connectivity index is 1.51. The van der Waals surface area contributed by atoms with Crippen LogP contribution >= 0.6 is 0 Å². The van der Waals surface area contributed by atoms with E-state index in [4.69, 9.17) is 0 Å². The third-order valence-electron chi connectivity index (χ3n) is 4.38. The standard InChI is InChI=1S/C20H21N3O4/c24-16-8-7-15(18(25)12-16)13-21-22-19(26)9-10-20(27)23-11-3-5-14-4-1-2-6-17(14)23/h1-2,4,6-8,12-13,24-25H,3,5,9-11H2,(H,22,26). The molecule has 0 fully saturated rings. The first-order valence-corrected chi connectivity index (χ1v) is 8.77. The number of anilines is 1. The second-order valence-electron chi connectivity index (χ2n) is 6.31. The van der Waals surface area contributed by atoms with Gasteiger partial charge in [-0.05, 0) is 36.6 Å². The molecule has 1 aliphatic rings. The number of phenolic OH excluding ortho intramolecular Hbond substituents is 2. The summed E-state index contributed by atoms with van der Waals surface area (Å²) in [5, 5.41) is 22.6. The molecule has 0 aliphatic carbocycles. The summed E-state index contributed by atoms with van der Waals surface area (Å²) < 4.78 is 0. The minimum atomic E-state index is -0.386. The predicted octanol–water partition coefficient (Wildman–Crippen LogP) is 2.31. The largest absolute Gasteiger partial charge is 0.508 e. The topological polar surface area (TPSA) is 102 Å². The molecule has 27 heavy (non-hydrogen) atoms. The van der Waals surface area contributed by atoms with Crippen LogP contribution in [0.4, 0.5) is 5.69 Å². The molecule has 0 atom stereocenters. The van der Waals surface area contributed by atoms with E-state index >= 15 is 0 Å². The lowest BCUT2D eigenvalue weighted by molar-refractivity contribution is -0.125. The van der Waals surface area contributed by atoms with Crippen molar-refractivity contribution in [2.24, 2.45) is 5.10 Å². The van der Waals surface area contributed by atoms with E-state index in [9.17, 15) is 19.8 Å². The zero-order chi connectivity index (χ0) is 19.2. The van der Waals surface area contributed by atoms with Gasteiger partial charge in [-0.3, -0.25) is 9.59 Å². The third kappa shape index (κ3) is 4.63. The lowest BCUT2D eigenvalue weighted by Gasteiger charge is -2.29. The van der Waals surface area contributed by atoms with Crippen LogP contribution in [0.1, 0.15) is 30.4 Å². The van der Waals surface area contributed by atoms with Gasteiger partial charge in [0.1, 0.15) is 11.5 Å². The lowest BCUT2D eigenvalue weighted by Crippen LogP contribution is -2.36. The number of nitrogens with one attached hydrogen (secondary N) is 1. The van der Waals surface area contributed by atoms with Crippen molar-refractivity contribution >= 4 is 23.7 Å². The molecule has 1 heterocycles. The first-order chi connectivity index (χ1) is 13.0. The molecule has 0 bridgehead atoms. The minimum Gasteiger partial charge on any atom is -0.508 e. The molecule has 0 saturated carbocycles. The fourth-order valence-electron chi connectivity index (χ4n) is 3.02. The number of carbonyl (C=O) groups is 2. The molecule has 3 rings (SSSR count). The zero-order valence-corrected chi connectivity index (χ0v) is 14.8. The van der Waals surface area contributed by atoms with Crippen LogP contribution in [0, 0.1) is 0 Å². The number of fused-ring (bicyclic) bond motifs is 1. The number of benzene rings is 2. The van der Waals surface area contributed by atoms with Gasteiger partial charge in [-0.2, -0.15) is 5.10 Å². The Bertz CT molecular complexity index is 879. The van der Waals surface area contributed by atoms with E-state index in [1.165, 1.54) is 24.4 Å². The zero-order valence-electron chi connectivity index (χ0n) is 14.8. The summed E-state index contributed by atoms with van der Waals surface area (Å²) in [4.78, 5) is 26.1. The Labute approximate surface area is 156 Å². The smallest absolute Gasteiger partial charge is 0.240 e. The van der Waals surface area contributed by atoms with Crippen molar-refractivity contribution in [1.29, 1.82) is 0 Å². The number of aryl methyl sites for hydroxylation is 1. The second-order valence-corrected chi connectivity index (χ2v) is 6.31. The number of rotatable bonds is 5. The van der Waals surface area contributed by atoms with Gasteiger partial charge < -0.3 is 15.1 Å². The molecule has 7 nitrogen and oxygen atoms in total. The molecule has 0 radical (unpaired) electrons. The quantitative estimate of drug-likeness (QED) is 0.557. The second kappa shape index (κ2) is 8.35. The summed E-state index contributed by atoms with van der Waals surface area (Å²) in [7, 11) is 0. The fourth-order valence-corrected chi connectivity index (χ4v) is 3.02. The van der Waals surface area contributed by atoms with Crippen LogP contribution in [0.5, 0.6) is 11.5 Å². The van der Waals surface area contributed by atoms with Gasteiger partial charge in [0.2, 0.25) is 11.8 Å². The van der Waals surface area contributed by atoms with Crippen LogP contribution in [0.25, 0.3) is 0 Å².